The van der Waals surface area contributed by atoms with E-state index >= 15 is 0 Å². The summed E-state index contributed by atoms with van der Waals surface area (Å²) >= 11 is 1.87. The van der Waals surface area contributed by atoms with Crippen LogP contribution in [-0.2, 0) is 13.0 Å². The van der Waals surface area contributed by atoms with Crippen molar-refractivity contribution in [2.75, 3.05) is 0 Å². The lowest BCUT2D eigenvalue weighted by atomic mass is 10.2. The van der Waals surface area contributed by atoms with Gasteiger partial charge in [-0.2, -0.15) is 0 Å². The van der Waals surface area contributed by atoms with E-state index < -0.39 is 0 Å². The summed E-state index contributed by atoms with van der Waals surface area (Å²) in [6.07, 6.45) is 1.14. The SMILES string of the molecule is CCc1ccsc1Cn1c(C)ccc1C. The second-order valence-electron chi connectivity index (χ2n) is 3.92. The molecule has 2 heteroatoms. The molecular weight excluding hydrogens is 202 g/mol. The van der Waals surface area contributed by atoms with Crippen LogP contribution in [0.3, 0.4) is 0 Å². The molecule has 0 spiro atoms. The zero-order valence-corrected chi connectivity index (χ0v) is 10.4. The van der Waals surface area contributed by atoms with Crippen molar-refractivity contribution in [2.45, 2.75) is 33.7 Å². The van der Waals surface area contributed by atoms with Crippen molar-refractivity contribution in [3.05, 3.63) is 45.4 Å². The fourth-order valence-corrected chi connectivity index (χ4v) is 2.88. The van der Waals surface area contributed by atoms with E-state index in [4.69, 9.17) is 0 Å². The van der Waals surface area contributed by atoms with E-state index in [9.17, 15) is 0 Å². The highest BCUT2D eigenvalue weighted by molar-refractivity contribution is 7.10. The highest BCUT2D eigenvalue weighted by atomic mass is 32.1. The Morgan fingerprint density at radius 1 is 1.13 bits per heavy atom. The van der Waals surface area contributed by atoms with Crippen LogP contribution in [0.15, 0.2) is 23.6 Å². The van der Waals surface area contributed by atoms with E-state index in [1.807, 2.05) is 11.3 Å². The number of aryl methyl sites for hydroxylation is 3. The van der Waals surface area contributed by atoms with E-state index in [1.165, 1.54) is 21.8 Å². The number of aromatic nitrogens is 1. The Labute approximate surface area is 95.4 Å². The molecule has 0 fully saturated rings. The summed E-state index contributed by atoms with van der Waals surface area (Å²) in [7, 11) is 0. The van der Waals surface area contributed by atoms with Gasteiger partial charge in [-0.1, -0.05) is 6.92 Å². The Balaban J connectivity index is 2.29. The molecule has 2 aromatic heterocycles. The van der Waals surface area contributed by atoms with Gasteiger partial charge >= 0.3 is 0 Å². The quantitative estimate of drug-likeness (QED) is 0.740. The Morgan fingerprint density at radius 2 is 1.80 bits per heavy atom. The molecule has 0 N–H and O–H groups in total. The first-order valence-corrected chi connectivity index (χ1v) is 6.28. The molecule has 2 heterocycles. The van der Waals surface area contributed by atoms with E-state index in [1.54, 1.807) is 0 Å². The van der Waals surface area contributed by atoms with Crippen molar-refractivity contribution in [3.63, 3.8) is 0 Å². The molecule has 0 amide bonds. The number of hydrogen-bond donors (Lipinski definition) is 0. The summed E-state index contributed by atoms with van der Waals surface area (Å²) in [5.41, 5.74) is 4.19. The van der Waals surface area contributed by atoms with Gasteiger partial charge in [-0.3, -0.25) is 0 Å². The lowest BCUT2D eigenvalue weighted by molar-refractivity contribution is 0.753. The predicted molar refractivity (Wildman–Crippen MR) is 66.7 cm³/mol. The molecule has 0 saturated carbocycles. The first kappa shape index (κ1) is 10.5. The third-order valence-electron chi connectivity index (χ3n) is 2.94. The predicted octanol–water partition coefficient (Wildman–Crippen LogP) is 3.78. The van der Waals surface area contributed by atoms with Crippen LogP contribution in [0.25, 0.3) is 0 Å². The molecule has 2 rings (SSSR count). The van der Waals surface area contributed by atoms with E-state index in [0.717, 1.165) is 13.0 Å². The lowest BCUT2D eigenvalue weighted by Crippen LogP contribution is -2.03. The van der Waals surface area contributed by atoms with E-state index in [-0.39, 0.29) is 0 Å². The van der Waals surface area contributed by atoms with Crippen molar-refractivity contribution in [2.24, 2.45) is 0 Å². The Hall–Kier alpha value is -1.02. The normalized spacial score (nSPS) is 10.9. The molecule has 1 nitrogen and oxygen atoms in total. The van der Waals surface area contributed by atoms with Crippen LogP contribution in [0.4, 0.5) is 0 Å². The minimum Gasteiger partial charge on any atom is -0.344 e. The summed E-state index contributed by atoms with van der Waals surface area (Å²) in [6.45, 7) is 7.60. The summed E-state index contributed by atoms with van der Waals surface area (Å²) in [5.74, 6) is 0. The Morgan fingerprint density at radius 3 is 2.40 bits per heavy atom. The average Bonchev–Trinajstić information content (AvgIpc) is 2.79. The van der Waals surface area contributed by atoms with Crippen LogP contribution in [0.5, 0.6) is 0 Å². The van der Waals surface area contributed by atoms with Crippen molar-refractivity contribution in [1.29, 1.82) is 0 Å². The fraction of sp³-hybridized carbons (Fsp3) is 0.385. The van der Waals surface area contributed by atoms with Gasteiger partial charge in [0.2, 0.25) is 0 Å². The van der Waals surface area contributed by atoms with Crippen molar-refractivity contribution < 1.29 is 0 Å². The molecule has 0 atom stereocenters. The van der Waals surface area contributed by atoms with E-state index in [2.05, 4.69) is 48.9 Å². The van der Waals surface area contributed by atoms with Crippen molar-refractivity contribution in [3.8, 4) is 0 Å². The van der Waals surface area contributed by atoms with Crippen LogP contribution in [-0.4, -0.2) is 4.57 Å². The smallest absolute Gasteiger partial charge is 0.0571 e. The van der Waals surface area contributed by atoms with Gasteiger partial charge in [0.25, 0.3) is 0 Å². The largest absolute Gasteiger partial charge is 0.344 e. The molecule has 15 heavy (non-hydrogen) atoms. The molecule has 2 aromatic rings. The standard InChI is InChI=1S/C13H17NS/c1-4-12-7-8-15-13(12)9-14-10(2)5-6-11(14)3/h5-8H,4,9H2,1-3H3. The number of hydrogen-bond acceptors (Lipinski definition) is 1. The van der Waals surface area contributed by atoms with Gasteiger partial charge in [0.05, 0.1) is 6.54 Å². The molecule has 0 unspecified atom stereocenters. The minimum absolute atomic E-state index is 1.03. The van der Waals surface area contributed by atoms with Gasteiger partial charge in [-0.15, -0.1) is 11.3 Å². The van der Waals surface area contributed by atoms with Crippen molar-refractivity contribution >= 4 is 11.3 Å². The highest BCUT2D eigenvalue weighted by Gasteiger charge is 2.06. The average molecular weight is 219 g/mol. The number of thiophene rings is 1. The maximum absolute atomic E-state index is 2.38. The Bertz CT molecular complexity index is 431. The van der Waals surface area contributed by atoms with Gasteiger partial charge in [-0.05, 0) is 49.4 Å². The second-order valence-corrected chi connectivity index (χ2v) is 4.93. The maximum atomic E-state index is 2.38. The first-order chi connectivity index (χ1) is 7.22. The number of rotatable bonds is 3. The summed E-state index contributed by atoms with van der Waals surface area (Å²) < 4.78 is 2.38. The molecule has 0 aromatic carbocycles. The third kappa shape index (κ3) is 2.00. The van der Waals surface area contributed by atoms with Crippen LogP contribution in [0.2, 0.25) is 0 Å². The van der Waals surface area contributed by atoms with Gasteiger partial charge in [0, 0.05) is 16.3 Å². The summed E-state index contributed by atoms with van der Waals surface area (Å²) in [6, 6.07) is 6.62. The fourth-order valence-electron chi connectivity index (χ4n) is 1.91. The monoisotopic (exact) mass is 219 g/mol. The summed E-state index contributed by atoms with van der Waals surface area (Å²) in [4.78, 5) is 1.50. The third-order valence-corrected chi connectivity index (χ3v) is 3.89. The molecule has 0 aliphatic carbocycles. The minimum atomic E-state index is 1.03. The van der Waals surface area contributed by atoms with Gasteiger partial charge in [-0.25, -0.2) is 0 Å². The van der Waals surface area contributed by atoms with Crippen LogP contribution in [0.1, 0.15) is 28.8 Å². The molecule has 0 aliphatic heterocycles. The van der Waals surface area contributed by atoms with Gasteiger partial charge in [0.15, 0.2) is 0 Å². The zero-order chi connectivity index (χ0) is 10.8. The second kappa shape index (κ2) is 4.23. The lowest BCUT2D eigenvalue weighted by Gasteiger charge is -2.09. The molecular formula is C13H17NS. The van der Waals surface area contributed by atoms with Crippen molar-refractivity contribution in [1.82, 2.24) is 4.57 Å². The molecule has 80 valence electrons. The maximum Gasteiger partial charge on any atom is 0.0571 e. The van der Waals surface area contributed by atoms with Gasteiger partial charge < -0.3 is 4.57 Å². The molecule has 0 saturated heterocycles. The molecule has 0 bridgehead atoms. The zero-order valence-electron chi connectivity index (χ0n) is 9.58. The number of nitrogens with zero attached hydrogens (tertiary/aromatic N) is 1. The molecule has 0 radical (unpaired) electrons. The molecule has 0 aliphatic rings. The first-order valence-electron chi connectivity index (χ1n) is 5.40. The highest BCUT2D eigenvalue weighted by Crippen LogP contribution is 2.20. The topological polar surface area (TPSA) is 4.93 Å². The van der Waals surface area contributed by atoms with Gasteiger partial charge in [0.1, 0.15) is 0 Å². The van der Waals surface area contributed by atoms with Crippen LogP contribution < -0.4 is 0 Å². The van der Waals surface area contributed by atoms with E-state index in [0.29, 0.717) is 0 Å². The van der Waals surface area contributed by atoms with Crippen LogP contribution in [0, 0.1) is 13.8 Å². The summed E-state index contributed by atoms with van der Waals surface area (Å²) in [5, 5.41) is 2.20. The Kier molecular flexibility index (Phi) is 2.96. The van der Waals surface area contributed by atoms with Crippen LogP contribution >= 0.6 is 11.3 Å².